The fraction of sp³-hybridized carbons (Fsp3) is 0.0556. The zero-order valence-corrected chi connectivity index (χ0v) is 15.7. The van der Waals surface area contributed by atoms with Crippen molar-refractivity contribution >= 4 is 46.0 Å². The van der Waals surface area contributed by atoms with Gasteiger partial charge in [0.15, 0.2) is 4.34 Å². The van der Waals surface area contributed by atoms with Gasteiger partial charge in [0.1, 0.15) is 0 Å². The van der Waals surface area contributed by atoms with E-state index in [0.29, 0.717) is 4.90 Å². The summed E-state index contributed by atoms with van der Waals surface area (Å²) >= 11 is 4.19. The highest BCUT2D eigenvalue weighted by atomic mass is 32.2. The standard InChI is InChI=1S/C18H13N3OS3/c1-23-17-20-18(25-21-17)24-15-14(11-7-3-2-4-8-11)12-9-5-6-10-13(12)19-16(15)22/h2-10H,1H3,(H,19,22). The van der Waals surface area contributed by atoms with Crippen molar-refractivity contribution in [3.05, 3.63) is 65.0 Å². The fourth-order valence-electron chi connectivity index (χ4n) is 2.62. The molecular formula is C18H13N3OS3. The summed E-state index contributed by atoms with van der Waals surface area (Å²) < 4.78 is 5.05. The summed E-state index contributed by atoms with van der Waals surface area (Å²) in [6, 6.07) is 17.9. The van der Waals surface area contributed by atoms with Gasteiger partial charge < -0.3 is 4.98 Å². The summed E-state index contributed by atoms with van der Waals surface area (Å²) in [6.07, 6.45) is 1.94. The highest BCUT2D eigenvalue weighted by molar-refractivity contribution is 8.01. The van der Waals surface area contributed by atoms with Crippen LogP contribution < -0.4 is 5.56 Å². The zero-order valence-electron chi connectivity index (χ0n) is 13.2. The summed E-state index contributed by atoms with van der Waals surface area (Å²) in [5.74, 6) is 0. The Bertz CT molecular complexity index is 1090. The van der Waals surface area contributed by atoms with Crippen molar-refractivity contribution in [1.29, 1.82) is 0 Å². The summed E-state index contributed by atoms with van der Waals surface area (Å²) in [6.45, 7) is 0. The molecule has 25 heavy (non-hydrogen) atoms. The Hall–Kier alpha value is -2.09. The molecule has 4 rings (SSSR count). The third-order valence-electron chi connectivity index (χ3n) is 3.70. The molecule has 7 heteroatoms. The lowest BCUT2D eigenvalue weighted by Gasteiger charge is -2.11. The maximum Gasteiger partial charge on any atom is 0.263 e. The van der Waals surface area contributed by atoms with Crippen molar-refractivity contribution in [2.24, 2.45) is 0 Å². The minimum absolute atomic E-state index is 0.108. The molecule has 0 spiro atoms. The number of pyridine rings is 1. The molecule has 2 aromatic heterocycles. The van der Waals surface area contributed by atoms with Crippen molar-refractivity contribution in [3.8, 4) is 11.1 Å². The SMILES string of the molecule is CSc1nsc(Sc2c(-c3ccccc3)c3ccccc3[nH]c2=O)n1. The third-order valence-corrected chi connectivity index (χ3v) is 6.21. The lowest BCUT2D eigenvalue weighted by atomic mass is 10.0. The molecule has 0 radical (unpaired) electrons. The second-order valence-electron chi connectivity index (χ2n) is 5.22. The van der Waals surface area contributed by atoms with E-state index >= 15 is 0 Å². The molecule has 0 aliphatic carbocycles. The van der Waals surface area contributed by atoms with Crippen LogP contribution in [-0.4, -0.2) is 20.6 Å². The van der Waals surface area contributed by atoms with Crippen LogP contribution in [0.5, 0.6) is 0 Å². The average Bonchev–Trinajstić information content (AvgIpc) is 3.11. The monoisotopic (exact) mass is 383 g/mol. The number of nitrogens with zero attached hydrogens (tertiary/aromatic N) is 2. The summed E-state index contributed by atoms with van der Waals surface area (Å²) in [4.78, 5) is 20.9. The predicted octanol–water partition coefficient (Wildman–Crippen LogP) is 4.92. The van der Waals surface area contributed by atoms with E-state index < -0.39 is 0 Å². The van der Waals surface area contributed by atoms with Crippen molar-refractivity contribution < 1.29 is 0 Å². The Morgan fingerprint density at radius 2 is 1.80 bits per heavy atom. The van der Waals surface area contributed by atoms with Crippen LogP contribution in [0.4, 0.5) is 0 Å². The predicted molar refractivity (Wildman–Crippen MR) is 106 cm³/mol. The van der Waals surface area contributed by atoms with E-state index in [-0.39, 0.29) is 5.56 Å². The Morgan fingerprint density at radius 1 is 1.04 bits per heavy atom. The van der Waals surface area contributed by atoms with Gasteiger partial charge in [0.05, 0.1) is 4.90 Å². The molecule has 0 saturated carbocycles. The van der Waals surface area contributed by atoms with Gasteiger partial charge in [0.25, 0.3) is 5.56 Å². The van der Waals surface area contributed by atoms with Gasteiger partial charge in [-0.1, -0.05) is 72.1 Å². The van der Waals surface area contributed by atoms with Crippen molar-refractivity contribution in [2.45, 2.75) is 14.4 Å². The Morgan fingerprint density at radius 3 is 2.56 bits per heavy atom. The third kappa shape index (κ3) is 3.22. The van der Waals surface area contributed by atoms with Gasteiger partial charge >= 0.3 is 0 Å². The molecule has 0 amide bonds. The van der Waals surface area contributed by atoms with Crippen molar-refractivity contribution in [2.75, 3.05) is 6.26 Å². The van der Waals surface area contributed by atoms with E-state index in [2.05, 4.69) is 14.3 Å². The molecule has 124 valence electrons. The quantitative estimate of drug-likeness (QED) is 0.507. The summed E-state index contributed by atoms with van der Waals surface area (Å²) in [5.41, 5.74) is 2.67. The van der Waals surface area contributed by atoms with Crippen molar-refractivity contribution in [3.63, 3.8) is 0 Å². The lowest BCUT2D eigenvalue weighted by molar-refractivity contribution is 1.02. The highest BCUT2D eigenvalue weighted by Crippen LogP contribution is 2.38. The van der Waals surface area contributed by atoms with Gasteiger partial charge in [-0.2, -0.15) is 4.37 Å². The molecule has 1 N–H and O–H groups in total. The first kappa shape index (κ1) is 16.4. The van der Waals surface area contributed by atoms with Crippen molar-refractivity contribution in [1.82, 2.24) is 14.3 Å². The number of thioether (sulfide) groups is 1. The van der Waals surface area contributed by atoms with E-state index in [9.17, 15) is 4.79 Å². The van der Waals surface area contributed by atoms with Gasteiger partial charge in [0.2, 0.25) is 5.16 Å². The summed E-state index contributed by atoms with van der Waals surface area (Å²) in [5, 5.41) is 1.75. The van der Waals surface area contributed by atoms with E-state index in [4.69, 9.17) is 0 Å². The molecule has 0 aliphatic heterocycles. The Kier molecular flexibility index (Phi) is 4.61. The molecule has 0 bridgehead atoms. The Balaban J connectivity index is 1.96. The van der Waals surface area contributed by atoms with Crippen LogP contribution in [-0.2, 0) is 0 Å². The minimum atomic E-state index is -0.108. The number of fused-ring (bicyclic) bond motifs is 1. The number of para-hydroxylation sites is 1. The maximum atomic E-state index is 12.8. The number of hydrogen-bond donors (Lipinski definition) is 1. The molecule has 0 saturated heterocycles. The lowest BCUT2D eigenvalue weighted by Crippen LogP contribution is -2.10. The molecule has 2 aromatic carbocycles. The molecular weight excluding hydrogens is 370 g/mol. The number of nitrogens with one attached hydrogen (secondary N) is 1. The topological polar surface area (TPSA) is 58.6 Å². The zero-order chi connectivity index (χ0) is 17.2. The largest absolute Gasteiger partial charge is 0.321 e. The number of benzene rings is 2. The van der Waals surface area contributed by atoms with E-state index in [1.54, 1.807) is 0 Å². The van der Waals surface area contributed by atoms with Crippen LogP contribution >= 0.6 is 35.1 Å². The molecule has 0 unspecified atom stereocenters. The van der Waals surface area contributed by atoms with Crippen LogP contribution in [0, 0.1) is 0 Å². The average molecular weight is 384 g/mol. The van der Waals surface area contributed by atoms with Gasteiger partial charge in [-0.3, -0.25) is 4.79 Å². The molecule has 4 aromatic rings. The number of aromatic amines is 1. The van der Waals surface area contributed by atoms with Crippen LogP contribution in [0.2, 0.25) is 0 Å². The molecule has 0 atom stereocenters. The smallest absolute Gasteiger partial charge is 0.263 e. The van der Waals surface area contributed by atoms with Crippen LogP contribution in [0.15, 0.2) is 73.8 Å². The second-order valence-corrected chi connectivity index (χ2v) is 8.00. The molecule has 4 nitrogen and oxygen atoms in total. The van der Waals surface area contributed by atoms with Crippen LogP contribution in [0.3, 0.4) is 0 Å². The first-order valence-corrected chi connectivity index (χ1v) is 10.3. The maximum absolute atomic E-state index is 12.8. The first-order chi connectivity index (χ1) is 12.3. The minimum Gasteiger partial charge on any atom is -0.321 e. The van der Waals surface area contributed by atoms with Gasteiger partial charge in [0, 0.05) is 16.5 Å². The first-order valence-electron chi connectivity index (χ1n) is 7.52. The van der Waals surface area contributed by atoms with Gasteiger partial charge in [-0.25, -0.2) is 4.98 Å². The molecule has 0 aliphatic rings. The normalized spacial score (nSPS) is 11.1. The van der Waals surface area contributed by atoms with Crippen LogP contribution in [0.25, 0.3) is 22.0 Å². The van der Waals surface area contributed by atoms with Gasteiger partial charge in [-0.15, -0.1) is 0 Å². The summed E-state index contributed by atoms with van der Waals surface area (Å²) in [7, 11) is 0. The molecule has 2 heterocycles. The number of H-pyrrole nitrogens is 1. The van der Waals surface area contributed by atoms with E-state index in [1.165, 1.54) is 35.1 Å². The molecule has 0 fully saturated rings. The number of aromatic nitrogens is 3. The van der Waals surface area contributed by atoms with E-state index in [0.717, 1.165) is 31.5 Å². The Labute approximate surface area is 156 Å². The fourth-order valence-corrected chi connectivity index (χ4v) is 4.95. The second kappa shape index (κ2) is 7.03. The number of rotatable bonds is 4. The van der Waals surface area contributed by atoms with E-state index in [1.807, 2.05) is 60.9 Å². The van der Waals surface area contributed by atoms with Crippen LogP contribution in [0.1, 0.15) is 0 Å². The highest BCUT2D eigenvalue weighted by Gasteiger charge is 2.17. The number of hydrogen-bond acceptors (Lipinski definition) is 6. The van der Waals surface area contributed by atoms with Gasteiger partial charge in [-0.05, 0) is 29.4 Å².